The summed E-state index contributed by atoms with van der Waals surface area (Å²) < 4.78 is 19.3. The van der Waals surface area contributed by atoms with E-state index in [1.54, 1.807) is 18.2 Å². The van der Waals surface area contributed by atoms with Gasteiger partial charge in [-0.3, -0.25) is 4.79 Å². The van der Waals surface area contributed by atoms with Crippen LogP contribution in [0.15, 0.2) is 33.9 Å². The summed E-state index contributed by atoms with van der Waals surface area (Å²) in [6.45, 7) is 4.22. The largest absolute Gasteiger partial charge is 0.437 e. The SMILES string of the molecule is Cc1nc(S[C@@H]2CCN(c3ccccc3F)C2=O)oc1C. The molecule has 1 atom stereocenters. The highest BCUT2D eigenvalue weighted by atomic mass is 32.2. The molecular weight excluding hydrogens is 291 g/mol. The maximum atomic E-state index is 13.8. The number of para-hydroxylation sites is 1. The van der Waals surface area contributed by atoms with Gasteiger partial charge < -0.3 is 9.32 Å². The summed E-state index contributed by atoms with van der Waals surface area (Å²) in [7, 11) is 0. The molecule has 0 N–H and O–H groups in total. The molecule has 0 radical (unpaired) electrons. The van der Waals surface area contributed by atoms with E-state index in [0.29, 0.717) is 23.9 Å². The Bertz CT molecular complexity index is 667. The van der Waals surface area contributed by atoms with Crippen LogP contribution in [0.1, 0.15) is 17.9 Å². The number of nitrogens with zero attached hydrogens (tertiary/aromatic N) is 2. The number of rotatable bonds is 3. The summed E-state index contributed by atoms with van der Waals surface area (Å²) in [5, 5.41) is 0.223. The minimum Gasteiger partial charge on any atom is -0.437 e. The highest BCUT2D eigenvalue weighted by Gasteiger charge is 2.35. The number of carbonyl (C=O) groups excluding carboxylic acids is 1. The van der Waals surface area contributed by atoms with Gasteiger partial charge in [-0.25, -0.2) is 9.37 Å². The zero-order valence-corrected chi connectivity index (χ0v) is 12.6. The van der Waals surface area contributed by atoms with Gasteiger partial charge in [0.15, 0.2) is 0 Å². The van der Waals surface area contributed by atoms with Gasteiger partial charge >= 0.3 is 0 Å². The fraction of sp³-hybridized carbons (Fsp3) is 0.333. The first kappa shape index (κ1) is 14.1. The van der Waals surface area contributed by atoms with Crippen LogP contribution in [-0.2, 0) is 4.79 Å². The Morgan fingerprint density at radius 2 is 2.14 bits per heavy atom. The second kappa shape index (κ2) is 5.52. The van der Waals surface area contributed by atoms with Gasteiger partial charge in [-0.05, 0) is 32.4 Å². The molecule has 21 heavy (non-hydrogen) atoms. The number of thioether (sulfide) groups is 1. The molecule has 0 unspecified atom stereocenters. The topological polar surface area (TPSA) is 46.3 Å². The Morgan fingerprint density at radius 1 is 1.38 bits per heavy atom. The van der Waals surface area contributed by atoms with E-state index in [0.717, 1.165) is 11.5 Å². The van der Waals surface area contributed by atoms with E-state index < -0.39 is 0 Å². The fourth-order valence-electron chi connectivity index (χ4n) is 2.29. The van der Waals surface area contributed by atoms with Crippen LogP contribution in [0.2, 0.25) is 0 Å². The van der Waals surface area contributed by atoms with E-state index in [1.165, 1.54) is 22.7 Å². The lowest BCUT2D eigenvalue weighted by Gasteiger charge is -2.16. The summed E-state index contributed by atoms with van der Waals surface area (Å²) in [4.78, 5) is 18.2. The Kier molecular flexibility index (Phi) is 3.71. The highest BCUT2D eigenvalue weighted by molar-refractivity contribution is 8.00. The molecule has 2 heterocycles. The second-order valence-corrected chi connectivity index (χ2v) is 6.11. The van der Waals surface area contributed by atoms with E-state index in [2.05, 4.69) is 4.98 Å². The standard InChI is InChI=1S/C15H15FN2O2S/c1-9-10(2)20-15(17-9)21-13-7-8-18(14(13)19)12-6-4-3-5-11(12)16/h3-6,13H,7-8H2,1-2H3/t13-/m1/s1. The Labute approximate surface area is 126 Å². The number of hydrogen-bond acceptors (Lipinski definition) is 4. The van der Waals surface area contributed by atoms with Crippen molar-refractivity contribution >= 4 is 23.4 Å². The number of aryl methyl sites for hydroxylation is 2. The fourth-order valence-corrected chi connectivity index (χ4v) is 3.35. The zero-order valence-electron chi connectivity index (χ0n) is 11.8. The van der Waals surface area contributed by atoms with E-state index in [1.807, 2.05) is 13.8 Å². The lowest BCUT2D eigenvalue weighted by molar-refractivity contribution is -0.116. The lowest BCUT2D eigenvalue weighted by Crippen LogP contribution is -2.28. The molecule has 110 valence electrons. The summed E-state index contributed by atoms with van der Waals surface area (Å²) >= 11 is 1.31. The van der Waals surface area contributed by atoms with Crippen LogP contribution in [0.5, 0.6) is 0 Å². The predicted octanol–water partition coefficient (Wildman–Crippen LogP) is 3.33. The molecule has 3 rings (SSSR count). The molecule has 1 fully saturated rings. The average molecular weight is 306 g/mol. The number of benzene rings is 1. The van der Waals surface area contributed by atoms with E-state index in [-0.39, 0.29) is 17.0 Å². The third-order valence-electron chi connectivity index (χ3n) is 3.55. The molecule has 6 heteroatoms. The highest BCUT2D eigenvalue weighted by Crippen LogP contribution is 2.34. The molecule has 1 aromatic heterocycles. The Balaban J connectivity index is 1.76. The number of hydrogen-bond donors (Lipinski definition) is 0. The maximum Gasteiger partial charge on any atom is 0.256 e. The van der Waals surface area contributed by atoms with Crippen LogP contribution >= 0.6 is 11.8 Å². The van der Waals surface area contributed by atoms with Crippen LogP contribution in [-0.4, -0.2) is 22.7 Å². The third-order valence-corrected chi connectivity index (χ3v) is 4.65. The van der Waals surface area contributed by atoms with Crippen LogP contribution in [0, 0.1) is 19.7 Å². The smallest absolute Gasteiger partial charge is 0.256 e. The zero-order chi connectivity index (χ0) is 15.0. The van der Waals surface area contributed by atoms with Crippen LogP contribution < -0.4 is 4.90 Å². The van der Waals surface area contributed by atoms with Gasteiger partial charge in [0.25, 0.3) is 5.22 Å². The maximum absolute atomic E-state index is 13.8. The molecule has 0 saturated carbocycles. The van der Waals surface area contributed by atoms with E-state index in [9.17, 15) is 9.18 Å². The van der Waals surface area contributed by atoms with Crippen molar-refractivity contribution in [3.63, 3.8) is 0 Å². The van der Waals surface area contributed by atoms with Crippen molar-refractivity contribution in [2.24, 2.45) is 0 Å². The molecule has 0 spiro atoms. The Morgan fingerprint density at radius 3 is 2.81 bits per heavy atom. The normalized spacial score (nSPS) is 18.5. The van der Waals surface area contributed by atoms with Crippen molar-refractivity contribution < 1.29 is 13.6 Å². The monoisotopic (exact) mass is 306 g/mol. The number of amides is 1. The number of aromatic nitrogens is 1. The molecule has 0 bridgehead atoms. The molecule has 1 saturated heterocycles. The average Bonchev–Trinajstić information content (AvgIpc) is 2.96. The van der Waals surface area contributed by atoms with Gasteiger partial charge in [-0.1, -0.05) is 23.9 Å². The van der Waals surface area contributed by atoms with Gasteiger partial charge in [0, 0.05) is 6.54 Å². The number of oxazole rings is 1. The van der Waals surface area contributed by atoms with Crippen molar-refractivity contribution in [3.05, 3.63) is 41.5 Å². The third kappa shape index (κ3) is 2.68. The quantitative estimate of drug-likeness (QED) is 0.872. The molecule has 4 nitrogen and oxygen atoms in total. The summed E-state index contributed by atoms with van der Waals surface area (Å²) in [5.74, 6) is 0.284. The molecule has 1 amide bonds. The van der Waals surface area contributed by atoms with Gasteiger partial charge in [-0.2, -0.15) is 0 Å². The summed E-state index contributed by atoms with van der Waals surface area (Å²) in [6, 6.07) is 6.33. The van der Waals surface area contributed by atoms with Crippen LogP contribution in [0.3, 0.4) is 0 Å². The Hall–Kier alpha value is -1.82. The minimum atomic E-state index is -0.376. The number of carbonyl (C=O) groups is 1. The molecule has 1 aliphatic rings. The van der Waals surface area contributed by atoms with Crippen molar-refractivity contribution in [2.75, 3.05) is 11.4 Å². The first-order chi connectivity index (χ1) is 10.1. The second-order valence-electron chi connectivity index (χ2n) is 4.96. The molecule has 1 aromatic carbocycles. The van der Waals surface area contributed by atoms with Crippen molar-refractivity contribution in [1.82, 2.24) is 4.98 Å². The first-order valence-electron chi connectivity index (χ1n) is 6.73. The molecular formula is C15H15FN2O2S. The van der Waals surface area contributed by atoms with Crippen LogP contribution in [0.4, 0.5) is 10.1 Å². The first-order valence-corrected chi connectivity index (χ1v) is 7.61. The predicted molar refractivity (Wildman–Crippen MR) is 79.0 cm³/mol. The summed E-state index contributed by atoms with van der Waals surface area (Å²) in [5.41, 5.74) is 1.17. The van der Waals surface area contributed by atoms with Gasteiger partial charge in [0.1, 0.15) is 11.6 Å². The van der Waals surface area contributed by atoms with Gasteiger partial charge in [0.05, 0.1) is 16.6 Å². The lowest BCUT2D eigenvalue weighted by atomic mass is 10.3. The van der Waals surface area contributed by atoms with Gasteiger partial charge in [-0.15, -0.1) is 0 Å². The van der Waals surface area contributed by atoms with E-state index in [4.69, 9.17) is 4.42 Å². The molecule has 0 aliphatic carbocycles. The van der Waals surface area contributed by atoms with Crippen molar-refractivity contribution in [3.8, 4) is 0 Å². The minimum absolute atomic E-state index is 0.0985. The van der Waals surface area contributed by atoms with Gasteiger partial charge in [0.2, 0.25) is 5.91 Å². The molecule has 1 aliphatic heterocycles. The van der Waals surface area contributed by atoms with Crippen LogP contribution in [0.25, 0.3) is 0 Å². The van der Waals surface area contributed by atoms with Crippen molar-refractivity contribution in [2.45, 2.75) is 30.7 Å². The molecule has 2 aromatic rings. The van der Waals surface area contributed by atoms with Crippen molar-refractivity contribution in [1.29, 1.82) is 0 Å². The number of halogens is 1. The number of anilines is 1. The van der Waals surface area contributed by atoms with E-state index >= 15 is 0 Å². The summed E-state index contributed by atoms with van der Waals surface area (Å²) in [6.07, 6.45) is 0.651.